The van der Waals surface area contributed by atoms with Gasteiger partial charge in [0.1, 0.15) is 0 Å². The lowest BCUT2D eigenvalue weighted by Crippen LogP contribution is -2.39. The molecule has 26 heavy (non-hydrogen) atoms. The fraction of sp³-hybridized carbons (Fsp3) is 0.200. The van der Waals surface area contributed by atoms with Gasteiger partial charge < -0.3 is 10.3 Å². The molecule has 0 aliphatic carbocycles. The Morgan fingerprint density at radius 1 is 1.12 bits per heavy atom. The highest BCUT2D eigenvalue weighted by atomic mass is 35.5. The Kier molecular flexibility index (Phi) is 4.49. The van der Waals surface area contributed by atoms with Crippen molar-refractivity contribution in [3.8, 4) is 0 Å². The molecule has 2 heterocycles. The van der Waals surface area contributed by atoms with Gasteiger partial charge in [-0.05, 0) is 30.2 Å². The number of hydrogen-bond donors (Lipinski definition) is 2. The number of rotatable bonds is 5. The molecule has 5 nitrogen and oxygen atoms in total. The van der Waals surface area contributed by atoms with Gasteiger partial charge in [-0.15, -0.1) is 0 Å². The predicted octanol–water partition coefficient (Wildman–Crippen LogP) is 3.29. The summed E-state index contributed by atoms with van der Waals surface area (Å²) in [4.78, 5) is 29.4. The van der Waals surface area contributed by atoms with Crippen LogP contribution in [-0.2, 0) is 16.0 Å². The Balaban J connectivity index is 1.42. The average Bonchev–Trinajstić information content (AvgIpc) is 3.17. The van der Waals surface area contributed by atoms with Gasteiger partial charge in [0.2, 0.25) is 5.91 Å². The van der Waals surface area contributed by atoms with Crippen LogP contribution in [0.25, 0.3) is 10.9 Å². The van der Waals surface area contributed by atoms with Crippen molar-refractivity contribution in [2.24, 2.45) is 0 Å². The topological polar surface area (TPSA) is 65.2 Å². The Morgan fingerprint density at radius 3 is 2.73 bits per heavy atom. The van der Waals surface area contributed by atoms with Crippen molar-refractivity contribution in [1.29, 1.82) is 0 Å². The van der Waals surface area contributed by atoms with Gasteiger partial charge in [-0.3, -0.25) is 9.59 Å². The van der Waals surface area contributed by atoms with E-state index in [0.717, 1.165) is 11.9 Å². The van der Waals surface area contributed by atoms with Crippen molar-refractivity contribution in [3.05, 3.63) is 65.3 Å². The van der Waals surface area contributed by atoms with Gasteiger partial charge >= 0.3 is 0 Å². The monoisotopic (exact) mass is 367 g/mol. The SMILES string of the molecule is O=C1CC(NCCc2c[nH]c3ccccc23)C(=O)N1c1ccccc1Cl. The zero-order valence-corrected chi connectivity index (χ0v) is 14.8. The molecule has 1 aromatic heterocycles. The van der Waals surface area contributed by atoms with Gasteiger partial charge in [0.05, 0.1) is 23.2 Å². The van der Waals surface area contributed by atoms with Gasteiger partial charge in [0.15, 0.2) is 0 Å². The van der Waals surface area contributed by atoms with Crippen molar-refractivity contribution in [2.45, 2.75) is 18.9 Å². The summed E-state index contributed by atoms with van der Waals surface area (Å²) in [5.41, 5.74) is 2.73. The standard InChI is InChI=1S/C20H18ClN3O2/c21-15-6-2-4-8-18(15)24-19(25)11-17(20(24)26)22-10-9-13-12-23-16-7-3-1-5-14(13)16/h1-8,12,17,22-23H,9-11H2. The number of amides is 2. The summed E-state index contributed by atoms with van der Waals surface area (Å²) in [5, 5.41) is 4.79. The highest BCUT2D eigenvalue weighted by Crippen LogP contribution is 2.29. The Morgan fingerprint density at radius 2 is 1.88 bits per heavy atom. The predicted molar refractivity (Wildman–Crippen MR) is 102 cm³/mol. The summed E-state index contributed by atoms with van der Waals surface area (Å²) >= 11 is 6.14. The molecule has 2 N–H and O–H groups in total. The summed E-state index contributed by atoms with van der Waals surface area (Å²) in [7, 11) is 0. The number of carbonyl (C=O) groups excluding carboxylic acids is 2. The van der Waals surface area contributed by atoms with E-state index in [0.29, 0.717) is 17.3 Å². The van der Waals surface area contributed by atoms with Crippen LogP contribution >= 0.6 is 11.6 Å². The van der Waals surface area contributed by atoms with Gasteiger partial charge in [-0.1, -0.05) is 41.9 Å². The van der Waals surface area contributed by atoms with Gasteiger partial charge in [-0.2, -0.15) is 0 Å². The van der Waals surface area contributed by atoms with E-state index in [4.69, 9.17) is 11.6 Å². The summed E-state index contributed by atoms with van der Waals surface area (Å²) in [6.07, 6.45) is 2.91. The number of aromatic amines is 1. The van der Waals surface area contributed by atoms with Crippen molar-refractivity contribution in [3.63, 3.8) is 0 Å². The van der Waals surface area contributed by atoms with E-state index in [-0.39, 0.29) is 18.2 Å². The van der Waals surface area contributed by atoms with Gasteiger partial charge in [-0.25, -0.2) is 4.90 Å². The third-order valence-corrected chi connectivity index (χ3v) is 5.02. The lowest BCUT2D eigenvalue weighted by atomic mass is 10.1. The largest absolute Gasteiger partial charge is 0.361 e. The number of imide groups is 1. The minimum absolute atomic E-state index is 0.151. The number of H-pyrrole nitrogens is 1. The number of carbonyl (C=O) groups is 2. The number of nitrogens with zero attached hydrogens (tertiary/aromatic N) is 1. The molecule has 4 rings (SSSR count). The number of hydrogen-bond acceptors (Lipinski definition) is 3. The number of nitrogens with one attached hydrogen (secondary N) is 2. The molecule has 132 valence electrons. The van der Waals surface area contributed by atoms with E-state index >= 15 is 0 Å². The van der Waals surface area contributed by atoms with Crippen molar-refractivity contribution in [1.82, 2.24) is 10.3 Å². The third kappa shape index (κ3) is 3.00. The number of para-hydroxylation sites is 2. The van der Waals surface area contributed by atoms with E-state index in [1.165, 1.54) is 15.8 Å². The molecule has 2 aromatic carbocycles. The molecule has 0 spiro atoms. The molecule has 1 atom stereocenters. The van der Waals surface area contributed by atoms with Crippen LogP contribution < -0.4 is 10.2 Å². The summed E-state index contributed by atoms with van der Waals surface area (Å²) in [5.74, 6) is -0.477. The van der Waals surface area contributed by atoms with E-state index in [1.807, 2.05) is 24.4 Å². The summed E-state index contributed by atoms with van der Waals surface area (Å²) in [6, 6.07) is 14.5. The van der Waals surface area contributed by atoms with E-state index in [1.54, 1.807) is 24.3 Å². The molecule has 2 amide bonds. The Hall–Kier alpha value is -2.63. The molecule has 1 aliphatic heterocycles. The fourth-order valence-electron chi connectivity index (χ4n) is 3.40. The minimum atomic E-state index is -0.510. The molecule has 0 bridgehead atoms. The number of aromatic nitrogens is 1. The van der Waals surface area contributed by atoms with Crippen LogP contribution in [0, 0.1) is 0 Å². The molecule has 1 saturated heterocycles. The van der Waals surface area contributed by atoms with E-state index < -0.39 is 6.04 Å². The molecule has 0 saturated carbocycles. The molecule has 3 aromatic rings. The zero-order valence-electron chi connectivity index (χ0n) is 14.0. The first-order valence-corrected chi connectivity index (χ1v) is 8.92. The van der Waals surface area contributed by atoms with Crippen LogP contribution in [0.2, 0.25) is 5.02 Å². The number of benzene rings is 2. The second-order valence-corrected chi connectivity index (χ2v) is 6.75. The Bertz CT molecular complexity index is 982. The maximum atomic E-state index is 12.7. The fourth-order valence-corrected chi connectivity index (χ4v) is 3.62. The second kappa shape index (κ2) is 6.94. The number of halogens is 1. The van der Waals surface area contributed by atoms with Crippen LogP contribution in [0.5, 0.6) is 0 Å². The number of anilines is 1. The molecular formula is C20H18ClN3O2. The van der Waals surface area contributed by atoms with Crippen molar-refractivity contribution >= 4 is 40.0 Å². The zero-order chi connectivity index (χ0) is 18.1. The van der Waals surface area contributed by atoms with E-state index in [9.17, 15) is 9.59 Å². The first-order chi connectivity index (χ1) is 12.6. The normalized spacial score (nSPS) is 17.4. The smallest absolute Gasteiger partial charge is 0.251 e. The van der Waals surface area contributed by atoms with Crippen molar-refractivity contribution in [2.75, 3.05) is 11.4 Å². The lowest BCUT2D eigenvalue weighted by molar-refractivity contribution is -0.121. The maximum Gasteiger partial charge on any atom is 0.251 e. The highest BCUT2D eigenvalue weighted by molar-refractivity contribution is 6.36. The quantitative estimate of drug-likeness (QED) is 0.680. The van der Waals surface area contributed by atoms with Crippen LogP contribution in [0.15, 0.2) is 54.7 Å². The molecule has 0 radical (unpaired) electrons. The van der Waals surface area contributed by atoms with Crippen LogP contribution in [0.4, 0.5) is 5.69 Å². The molecule has 1 aliphatic rings. The second-order valence-electron chi connectivity index (χ2n) is 6.34. The molecular weight excluding hydrogens is 350 g/mol. The van der Waals surface area contributed by atoms with Crippen LogP contribution in [-0.4, -0.2) is 29.4 Å². The molecule has 1 unspecified atom stereocenters. The van der Waals surface area contributed by atoms with Crippen LogP contribution in [0.3, 0.4) is 0 Å². The van der Waals surface area contributed by atoms with Gasteiger partial charge in [0.25, 0.3) is 5.91 Å². The average molecular weight is 368 g/mol. The summed E-state index contributed by atoms with van der Waals surface area (Å²) in [6.45, 7) is 0.613. The number of fused-ring (bicyclic) bond motifs is 1. The van der Waals surface area contributed by atoms with E-state index in [2.05, 4.69) is 16.4 Å². The van der Waals surface area contributed by atoms with Crippen LogP contribution in [0.1, 0.15) is 12.0 Å². The Labute approximate surface area is 155 Å². The van der Waals surface area contributed by atoms with Gasteiger partial charge in [0, 0.05) is 23.6 Å². The lowest BCUT2D eigenvalue weighted by Gasteiger charge is -2.16. The van der Waals surface area contributed by atoms with Crippen molar-refractivity contribution < 1.29 is 9.59 Å². The molecule has 6 heteroatoms. The maximum absolute atomic E-state index is 12.7. The summed E-state index contributed by atoms with van der Waals surface area (Å²) < 4.78 is 0. The third-order valence-electron chi connectivity index (χ3n) is 4.70. The first kappa shape index (κ1) is 16.8. The molecule has 1 fully saturated rings. The highest BCUT2D eigenvalue weighted by Gasteiger charge is 2.39. The minimum Gasteiger partial charge on any atom is -0.361 e. The first-order valence-electron chi connectivity index (χ1n) is 8.55.